The minimum absolute atomic E-state index is 0.959. The largest absolute Gasteiger partial charge is 0.218 e. The molecule has 0 saturated carbocycles. The Hall–Kier alpha value is 0.550. The van der Waals surface area contributed by atoms with E-state index in [-0.39, 0.29) is 0 Å². The second-order valence-corrected chi connectivity index (χ2v) is 6.40. The molecular formula is C5HBr2NS2. The van der Waals surface area contributed by atoms with Crippen LogP contribution in [0.3, 0.4) is 0 Å². The normalized spacial score (nSPS) is 11.0. The van der Waals surface area contributed by atoms with E-state index in [2.05, 4.69) is 42.9 Å². The van der Waals surface area contributed by atoms with Crippen LogP contribution in [0.2, 0.25) is 0 Å². The van der Waals surface area contributed by atoms with E-state index < -0.39 is 0 Å². The molecule has 5 heteroatoms. The topological polar surface area (TPSA) is 12.9 Å². The summed E-state index contributed by atoms with van der Waals surface area (Å²) in [5, 5.41) is 0. The molecular weight excluding hydrogens is 298 g/mol. The molecule has 0 N–H and O–H groups in total. The van der Waals surface area contributed by atoms with Crippen LogP contribution in [0.4, 0.5) is 0 Å². The molecule has 0 aliphatic rings. The Bertz CT molecular complexity index is 301. The number of hydrogen-bond acceptors (Lipinski definition) is 3. The molecule has 0 saturated heterocycles. The van der Waals surface area contributed by atoms with Crippen LogP contribution in [0.25, 0.3) is 9.53 Å². The third-order valence-corrected chi connectivity index (χ3v) is 4.15. The van der Waals surface area contributed by atoms with E-state index in [0.717, 1.165) is 12.5 Å². The van der Waals surface area contributed by atoms with Crippen LogP contribution >= 0.6 is 54.5 Å². The molecule has 0 aliphatic heterocycles. The van der Waals surface area contributed by atoms with Gasteiger partial charge in [-0.1, -0.05) is 0 Å². The van der Waals surface area contributed by atoms with Gasteiger partial charge >= 0.3 is 0 Å². The van der Waals surface area contributed by atoms with Gasteiger partial charge in [-0.3, -0.25) is 0 Å². The first kappa shape index (κ1) is 7.21. The lowest BCUT2D eigenvalue weighted by Gasteiger charge is -1.71. The van der Waals surface area contributed by atoms with Crippen LogP contribution in [0.1, 0.15) is 0 Å². The molecule has 0 aliphatic carbocycles. The number of hydrogen-bond donors (Lipinski definition) is 0. The number of nitrogens with zero attached hydrogens (tertiary/aromatic N) is 1. The van der Waals surface area contributed by atoms with Gasteiger partial charge in [-0.2, -0.15) is 0 Å². The fourth-order valence-electron chi connectivity index (χ4n) is 0.681. The molecule has 0 fully saturated rings. The Morgan fingerprint density at radius 1 is 1.30 bits per heavy atom. The van der Waals surface area contributed by atoms with Crippen molar-refractivity contribution in [3.63, 3.8) is 0 Å². The van der Waals surface area contributed by atoms with Gasteiger partial charge in [-0.15, -0.1) is 22.7 Å². The van der Waals surface area contributed by atoms with E-state index in [1.807, 2.05) is 0 Å². The minimum atomic E-state index is 0.959. The quantitative estimate of drug-likeness (QED) is 0.719. The summed E-state index contributed by atoms with van der Waals surface area (Å²) in [5.74, 6) is 0. The Labute approximate surface area is 82.3 Å². The van der Waals surface area contributed by atoms with E-state index in [0.29, 0.717) is 0 Å². The van der Waals surface area contributed by atoms with Gasteiger partial charge in [0.05, 0.1) is 8.49 Å². The number of thiazole rings is 1. The predicted molar refractivity (Wildman–Crippen MR) is 52.9 cm³/mol. The summed E-state index contributed by atoms with van der Waals surface area (Å²) in [5.41, 5.74) is 0. The first-order chi connectivity index (χ1) is 4.75. The molecule has 0 aromatic carbocycles. The van der Waals surface area contributed by atoms with E-state index >= 15 is 0 Å². The van der Waals surface area contributed by atoms with Crippen molar-refractivity contribution in [2.45, 2.75) is 0 Å². The summed E-state index contributed by atoms with van der Waals surface area (Å²) in [6, 6.07) is 2.09. The highest BCUT2D eigenvalue weighted by atomic mass is 79.9. The van der Waals surface area contributed by atoms with E-state index in [1.165, 1.54) is 4.70 Å². The molecule has 1 nitrogen and oxygen atoms in total. The Morgan fingerprint density at radius 2 is 2.10 bits per heavy atom. The van der Waals surface area contributed by atoms with Crippen molar-refractivity contribution in [1.82, 2.24) is 4.98 Å². The lowest BCUT2D eigenvalue weighted by Crippen LogP contribution is -1.52. The van der Waals surface area contributed by atoms with Gasteiger partial charge in [-0.25, -0.2) is 4.98 Å². The maximum absolute atomic E-state index is 4.26. The summed E-state index contributed by atoms with van der Waals surface area (Å²) in [7, 11) is 0. The second kappa shape index (κ2) is 2.55. The summed E-state index contributed by atoms with van der Waals surface area (Å²) in [6.45, 7) is 0. The maximum Gasteiger partial charge on any atom is 0.161 e. The van der Waals surface area contributed by atoms with Crippen LogP contribution < -0.4 is 0 Å². The maximum atomic E-state index is 4.26. The zero-order valence-corrected chi connectivity index (χ0v) is 9.40. The van der Waals surface area contributed by atoms with Gasteiger partial charge in [0.2, 0.25) is 0 Å². The van der Waals surface area contributed by atoms with Gasteiger partial charge in [0.1, 0.15) is 4.83 Å². The number of rotatable bonds is 0. The summed E-state index contributed by atoms with van der Waals surface area (Å²) >= 11 is 10.0. The van der Waals surface area contributed by atoms with Crippen LogP contribution in [0.5, 0.6) is 0 Å². The molecule has 0 bridgehead atoms. The number of thiophene rings is 1. The average Bonchev–Trinajstić information content (AvgIpc) is 2.21. The second-order valence-electron chi connectivity index (χ2n) is 1.69. The molecule has 0 spiro atoms. The highest BCUT2D eigenvalue weighted by Gasteiger charge is 2.03. The van der Waals surface area contributed by atoms with Crippen molar-refractivity contribution in [3.8, 4) is 0 Å². The monoisotopic (exact) mass is 297 g/mol. The molecule has 0 unspecified atom stereocenters. The highest BCUT2D eigenvalue weighted by Crippen LogP contribution is 2.34. The molecule has 2 aromatic rings. The van der Waals surface area contributed by atoms with Crippen LogP contribution in [0, 0.1) is 0 Å². The van der Waals surface area contributed by atoms with Crippen molar-refractivity contribution in [3.05, 3.63) is 13.8 Å². The number of aromatic nitrogens is 1. The smallest absolute Gasteiger partial charge is 0.161 e. The Morgan fingerprint density at radius 3 is 2.80 bits per heavy atom. The lowest BCUT2D eigenvalue weighted by molar-refractivity contribution is 1.48. The molecule has 2 aromatic heterocycles. The number of fused-ring (bicyclic) bond motifs is 1. The van der Waals surface area contributed by atoms with E-state index in [1.54, 1.807) is 22.7 Å². The summed E-state index contributed by atoms with van der Waals surface area (Å²) in [4.78, 5) is 5.36. The number of halogens is 2. The third kappa shape index (κ3) is 1.15. The molecule has 0 amide bonds. The fraction of sp³-hybridized carbons (Fsp3) is 0. The molecule has 2 heterocycles. The average molecular weight is 299 g/mol. The lowest BCUT2D eigenvalue weighted by atomic mass is 10.6. The first-order valence-electron chi connectivity index (χ1n) is 2.47. The molecule has 52 valence electrons. The van der Waals surface area contributed by atoms with Crippen LogP contribution in [-0.4, -0.2) is 4.98 Å². The van der Waals surface area contributed by atoms with Gasteiger partial charge in [-0.05, 0) is 37.9 Å². The zero-order valence-electron chi connectivity index (χ0n) is 4.60. The van der Waals surface area contributed by atoms with Gasteiger partial charge in [0.25, 0.3) is 0 Å². The van der Waals surface area contributed by atoms with E-state index in [4.69, 9.17) is 0 Å². The van der Waals surface area contributed by atoms with Crippen molar-refractivity contribution in [1.29, 1.82) is 0 Å². The Kier molecular flexibility index (Phi) is 1.84. The van der Waals surface area contributed by atoms with Gasteiger partial charge < -0.3 is 0 Å². The third-order valence-electron chi connectivity index (χ3n) is 1.03. The molecule has 0 radical (unpaired) electrons. The molecule has 0 atom stereocenters. The van der Waals surface area contributed by atoms with Crippen LogP contribution in [-0.2, 0) is 0 Å². The minimum Gasteiger partial charge on any atom is -0.218 e. The highest BCUT2D eigenvalue weighted by molar-refractivity contribution is 9.11. The summed E-state index contributed by atoms with van der Waals surface area (Å²) < 4.78 is 3.35. The van der Waals surface area contributed by atoms with E-state index in [9.17, 15) is 0 Å². The van der Waals surface area contributed by atoms with Crippen molar-refractivity contribution < 1.29 is 0 Å². The van der Waals surface area contributed by atoms with Crippen LogP contribution in [0.15, 0.2) is 13.8 Å². The van der Waals surface area contributed by atoms with Crippen molar-refractivity contribution in [2.75, 3.05) is 0 Å². The molecule has 2 rings (SSSR count). The zero-order chi connectivity index (χ0) is 7.14. The van der Waals surface area contributed by atoms with Gasteiger partial charge in [0, 0.05) is 0 Å². The summed E-state index contributed by atoms with van der Waals surface area (Å²) in [6.07, 6.45) is 0. The van der Waals surface area contributed by atoms with Crippen molar-refractivity contribution in [2.24, 2.45) is 0 Å². The van der Waals surface area contributed by atoms with Gasteiger partial charge in [0.15, 0.2) is 3.92 Å². The molecule has 10 heavy (non-hydrogen) atoms. The fourth-order valence-corrected chi connectivity index (χ4v) is 4.01. The SMILES string of the molecule is Brc1cc2sc(Br)nc2s1. The standard InChI is InChI=1S/C5HBr2NS2/c6-3-1-2-4(10-3)8-5(7)9-2/h1H. The van der Waals surface area contributed by atoms with Crippen molar-refractivity contribution >= 4 is 64.1 Å². The Balaban J connectivity index is 2.83. The predicted octanol–water partition coefficient (Wildman–Crippen LogP) is 3.88. The first-order valence-corrected chi connectivity index (χ1v) is 5.69.